The van der Waals surface area contributed by atoms with Crippen LogP contribution in [0, 0.1) is 13.8 Å². The van der Waals surface area contributed by atoms with Crippen LogP contribution in [0.2, 0.25) is 0 Å². The Labute approximate surface area is 93.0 Å². The minimum atomic E-state index is 0.0446. The maximum atomic E-state index is 11.7. The summed E-state index contributed by atoms with van der Waals surface area (Å²) in [7, 11) is 3.52. The smallest absolute Gasteiger partial charge is 0.253 e. The summed E-state index contributed by atoms with van der Waals surface area (Å²) in [5, 5.41) is 0. The van der Waals surface area contributed by atoms with Gasteiger partial charge in [0, 0.05) is 24.1 Å². The molecule has 0 spiro atoms. The Hall–Kier alpha value is -0.830. The van der Waals surface area contributed by atoms with Gasteiger partial charge in [0.2, 0.25) is 0 Å². The van der Waals surface area contributed by atoms with E-state index in [9.17, 15) is 4.79 Å². The van der Waals surface area contributed by atoms with Crippen molar-refractivity contribution >= 4 is 21.8 Å². The van der Waals surface area contributed by atoms with Crippen molar-refractivity contribution in [2.24, 2.45) is 0 Å². The van der Waals surface area contributed by atoms with Gasteiger partial charge in [-0.2, -0.15) is 0 Å². The molecule has 76 valence electrons. The van der Waals surface area contributed by atoms with Crippen LogP contribution in [-0.4, -0.2) is 24.9 Å². The maximum absolute atomic E-state index is 11.7. The van der Waals surface area contributed by atoms with E-state index in [4.69, 9.17) is 0 Å². The second-order valence-corrected chi connectivity index (χ2v) is 4.47. The molecule has 0 heterocycles. The minimum Gasteiger partial charge on any atom is -0.345 e. The molecule has 2 nitrogen and oxygen atoms in total. The van der Waals surface area contributed by atoms with E-state index in [1.807, 2.05) is 26.0 Å². The van der Waals surface area contributed by atoms with Crippen LogP contribution in [0.25, 0.3) is 0 Å². The average Bonchev–Trinajstić information content (AvgIpc) is 2.10. The molecule has 0 aliphatic carbocycles. The number of benzene rings is 1. The van der Waals surface area contributed by atoms with Gasteiger partial charge in [0.25, 0.3) is 5.91 Å². The lowest BCUT2D eigenvalue weighted by Gasteiger charge is -2.13. The van der Waals surface area contributed by atoms with Gasteiger partial charge in [-0.15, -0.1) is 0 Å². The van der Waals surface area contributed by atoms with Crippen LogP contribution < -0.4 is 0 Å². The Bertz CT molecular complexity index is 372. The third-order valence-electron chi connectivity index (χ3n) is 2.14. The summed E-state index contributed by atoms with van der Waals surface area (Å²) in [6.07, 6.45) is 0. The molecule has 0 unspecified atom stereocenters. The van der Waals surface area contributed by atoms with Crippen molar-refractivity contribution in [2.75, 3.05) is 14.1 Å². The molecule has 1 amide bonds. The Morgan fingerprint density at radius 2 is 1.79 bits per heavy atom. The monoisotopic (exact) mass is 255 g/mol. The van der Waals surface area contributed by atoms with Gasteiger partial charge in [-0.1, -0.05) is 22.0 Å². The molecule has 0 radical (unpaired) electrons. The molecule has 0 saturated carbocycles. The third kappa shape index (κ3) is 2.15. The van der Waals surface area contributed by atoms with Gasteiger partial charge >= 0.3 is 0 Å². The van der Waals surface area contributed by atoms with Gasteiger partial charge in [0.05, 0.1) is 0 Å². The SMILES string of the molecule is Cc1cc(C)c(C(=O)N(C)C)cc1Br. The van der Waals surface area contributed by atoms with Crippen molar-refractivity contribution in [1.82, 2.24) is 4.90 Å². The molecule has 0 saturated heterocycles. The molecule has 0 fully saturated rings. The lowest BCUT2D eigenvalue weighted by molar-refractivity contribution is 0.0827. The minimum absolute atomic E-state index is 0.0446. The van der Waals surface area contributed by atoms with E-state index in [0.717, 1.165) is 21.2 Å². The van der Waals surface area contributed by atoms with Gasteiger partial charge in [-0.25, -0.2) is 0 Å². The lowest BCUT2D eigenvalue weighted by Crippen LogP contribution is -2.22. The summed E-state index contributed by atoms with van der Waals surface area (Å²) in [5.74, 6) is 0.0446. The van der Waals surface area contributed by atoms with Crippen molar-refractivity contribution in [3.05, 3.63) is 33.3 Å². The average molecular weight is 256 g/mol. The molecule has 1 aromatic carbocycles. The van der Waals surface area contributed by atoms with Gasteiger partial charge in [-0.3, -0.25) is 4.79 Å². The standard InChI is InChI=1S/C11H14BrNO/c1-7-5-8(2)10(12)6-9(7)11(14)13(3)4/h5-6H,1-4H3. The molecule has 1 rings (SSSR count). The van der Waals surface area contributed by atoms with Gasteiger partial charge in [0.15, 0.2) is 0 Å². The van der Waals surface area contributed by atoms with E-state index in [0.29, 0.717) is 0 Å². The Morgan fingerprint density at radius 1 is 1.21 bits per heavy atom. The Kier molecular flexibility index (Phi) is 3.32. The predicted molar refractivity (Wildman–Crippen MR) is 61.6 cm³/mol. The van der Waals surface area contributed by atoms with Crippen molar-refractivity contribution < 1.29 is 4.79 Å². The fourth-order valence-corrected chi connectivity index (χ4v) is 1.64. The summed E-state index contributed by atoms with van der Waals surface area (Å²) in [4.78, 5) is 13.3. The number of amides is 1. The highest BCUT2D eigenvalue weighted by molar-refractivity contribution is 9.10. The van der Waals surface area contributed by atoms with Gasteiger partial charge in [0.1, 0.15) is 0 Å². The highest BCUT2D eigenvalue weighted by Crippen LogP contribution is 2.21. The van der Waals surface area contributed by atoms with Gasteiger partial charge in [-0.05, 0) is 31.0 Å². The van der Waals surface area contributed by atoms with E-state index >= 15 is 0 Å². The Balaban J connectivity index is 3.22. The normalized spacial score (nSPS) is 10.1. The predicted octanol–water partition coefficient (Wildman–Crippen LogP) is 2.77. The van der Waals surface area contributed by atoms with Crippen LogP contribution >= 0.6 is 15.9 Å². The zero-order valence-electron chi connectivity index (χ0n) is 8.89. The summed E-state index contributed by atoms with van der Waals surface area (Å²) in [5.41, 5.74) is 2.93. The summed E-state index contributed by atoms with van der Waals surface area (Å²) in [6, 6.07) is 3.90. The molecule has 0 bridgehead atoms. The van der Waals surface area contributed by atoms with E-state index in [2.05, 4.69) is 15.9 Å². The fourth-order valence-electron chi connectivity index (χ4n) is 1.30. The number of rotatable bonds is 1. The van der Waals surface area contributed by atoms with Crippen LogP contribution in [-0.2, 0) is 0 Å². The zero-order valence-corrected chi connectivity index (χ0v) is 10.5. The van der Waals surface area contributed by atoms with Crippen LogP contribution in [0.4, 0.5) is 0 Å². The van der Waals surface area contributed by atoms with E-state index in [1.54, 1.807) is 19.0 Å². The molecule has 0 aliphatic heterocycles. The first kappa shape index (κ1) is 11.2. The number of halogens is 1. The number of hydrogen-bond acceptors (Lipinski definition) is 1. The second kappa shape index (κ2) is 4.13. The second-order valence-electron chi connectivity index (χ2n) is 3.62. The zero-order chi connectivity index (χ0) is 10.9. The largest absolute Gasteiger partial charge is 0.345 e. The molecule has 0 aliphatic rings. The molecule has 1 aromatic rings. The molecule has 14 heavy (non-hydrogen) atoms. The topological polar surface area (TPSA) is 20.3 Å². The highest BCUT2D eigenvalue weighted by atomic mass is 79.9. The third-order valence-corrected chi connectivity index (χ3v) is 3.00. The van der Waals surface area contributed by atoms with Crippen molar-refractivity contribution in [1.29, 1.82) is 0 Å². The van der Waals surface area contributed by atoms with Crippen LogP contribution in [0.15, 0.2) is 16.6 Å². The first-order valence-electron chi connectivity index (χ1n) is 4.42. The highest BCUT2D eigenvalue weighted by Gasteiger charge is 2.12. The van der Waals surface area contributed by atoms with Crippen molar-refractivity contribution in [3.63, 3.8) is 0 Å². The van der Waals surface area contributed by atoms with Crippen LogP contribution in [0.1, 0.15) is 21.5 Å². The molecule has 0 atom stereocenters. The van der Waals surface area contributed by atoms with Gasteiger partial charge < -0.3 is 4.90 Å². The maximum Gasteiger partial charge on any atom is 0.253 e. The van der Waals surface area contributed by atoms with E-state index in [-0.39, 0.29) is 5.91 Å². The molecule has 0 aromatic heterocycles. The first-order valence-corrected chi connectivity index (χ1v) is 5.21. The van der Waals surface area contributed by atoms with Crippen molar-refractivity contribution in [2.45, 2.75) is 13.8 Å². The number of nitrogens with zero attached hydrogens (tertiary/aromatic N) is 1. The summed E-state index contributed by atoms with van der Waals surface area (Å²) in [6.45, 7) is 3.97. The van der Waals surface area contributed by atoms with Crippen molar-refractivity contribution in [3.8, 4) is 0 Å². The number of hydrogen-bond donors (Lipinski definition) is 0. The van der Waals surface area contributed by atoms with E-state index in [1.165, 1.54) is 0 Å². The summed E-state index contributed by atoms with van der Waals surface area (Å²) < 4.78 is 0.980. The lowest BCUT2D eigenvalue weighted by atomic mass is 10.1. The molecular weight excluding hydrogens is 242 g/mol. The summed E-state index contributed by atoms with van der Waals surface area (Å²) >= 11 is 3.43. The van der Waals surface area contributed by atoms with Crippen LogP contribution in [0.5, 0.6) is 0 Å². The molecule has 3 heteroatoms. The quantitative estimate of drug-likeness (QED) is 0.756. The number of aryl methyl sites for hydroxylation is 2. The Morgan fingerprint density at radius 3 is 2.29 bits per heavy atom. The van der Waals surface area contributed by atoms with E-state index < -0.39 is 0 Å². The fraction of sp³-hybridized carbons (Fsp3) is 0.364. The number of carbonyl (C=O) groups is 1. The van der Waals surface area contributed by atoms with Crippen LogP contribution in [0.3, 0.4) is 0 Å². The molecule has 0 N–H and O–H groups in total. The number of carbonyl (C=O) groups excluding carboxylic acids is 1. The molecular formula is C11H14BrNO. The first-order chi connectivity index (χ1) is 6.43.